The fourth-order valence-corrected chi connectivity index (χ4v) is 2.18. The SMILES string of the molecule is CNC(=O)c1ccccc1NC(=O)c1cc(Cl)nc(Cl)c1. The van der Waals surface area contributed by atoms with Crippen molar-refractivity contribution in [1.29, 1.82) is 0 Å². The Morgan fingerprint density at radius 1 is 1.05 bits per heavy atom. The molecule has 0 fully saturated rings. The molecular formula is C14H11Cl2N3O2. The molecule has 0 aliphatic carbocycles. The molecule has 0 saturated heterocycles. The molecule has 2 amide bonds. The molecule has 5 nitrogen and oxygen atoms in total. The molecule has 1 heterocycles. The van der Waals surface area contributed by atoms with E-state index in [9.17, 15) is 9.59 Å². The molecule has 0 spiro atoms. The Morgan fingerprint density at radius 2 is 1.67 bits per heavy atom. The number of nitrogens with one attached hydrogen (secondary N) is 2. The summed E-state index contributed by atoms with van der Waals surface area (Å²) in [4.78, 5) is 27.7. The maximum atomic E-state index is 12.2. The van der Waals surface area contributed by atoms with Gasteiger partial charge in [-0.1, -0.05) is 35.3 Å². The van der Waals surface area contributed by atoms with Crippen molar-refractivity contribution < 1.29 is 9.59 Å². The Hall–Kier alpha value is -2.11. The standard InChI is InChI=1S/C14H11Cl2N3O2/c1-17-14(21)9-4-2-3-5-10(9)18-13(20)8-6-11(15)19-12(16)7-8/h2-7H,1H3,(H,17,21)(H,18,20). The van der Waals surface area contributed by atoms with E-state index in [2.05, 4.69) is 15.6 Å². The van der Waals surface area contributed by atoms with Gasteiger partial charge in [-0.2, -0.15) is 0 Å². The van der Waals surface area contributed by atoms with Gasteiger partial charge in [0.05, 0.1) is 11.3 Å². The molecule has 0 bridgehead atoms. The first-order chi connectivity index (χ1) is 10.0. The number of carbonyl (C=O) groups is 2. The summed E-state index contributed by atoms with van der Waals surface area (Å²) in [7, 11) is 1.52. The molecule has 0 aliphatic rings. The Balaban J connectivity index is 2.30. The van der Waals surface area contributed by atoms with Gasteiger partial charge in [0.2, 0.25) is 0 Å². The summed E-state index contributed by atoms with van der Waals surface area (Å²) in [6.07, 6.45) is 0. The van der Waals surface area contributed by atoms with E-state index in [-0.39, 0.29) is 21.8 Å². The van der Waals surface area contributed by atoms with Crippen molar-refractivity contribution in [2.45, 2.75) is 0 Å². The summed E-state index contributed by atoms with van der Waals surface area (Å²) in [6, 6.07) is 9.46. The van der Waals surface area contributed by atoms with Crippen molar-refractivity contribution in [2.24, 2.45) is 0 Å². The Bertz CT molecular complexity index is 684. The van der Waals surface area contributed by atoms with E-state index in [4.69, 9.17) is 23.2 Å². The van der Waals surface area contributed by atoms with Crippen molar-refractivity contribution in [3.8, 4) is 0 Å². The number of benzene rings is 1. The number of anilines is 1. The minimum atomic E-state index is -0.433. The highest BCUT2D eigenvalue weighted by Gasteiger charge is 2.14. The van der Waals surface area contributed by atoms with E-state index in [1.165, 1.54) is 19.2 Å². The van der Waals surface area contributed by atoms with Gasteiger partial charge in [0.15, 0.2) is 0 Å². The van der Waals surface area contributed by atoms with Crippen molar-refractivity contribution in [3.05, 3.63) is 57.8 Å². The number of halogens is 2. The van der Waals surface area contributed by atoms with Crippen LogP contribution in [-0.4, -0.2) is 23.8 Å². The van der Waals surface area contributed by atoms with Gasteiger partial charge in [-0.3, -0.25) is 9.59 Å². The third kappa shape index (κ3) is 3.71. The average Bonchev–Trinajstić information content (AvgIpc) is 2.46. The number of hydrogen-bond acceptors (Lipinski definition) is 3. The molecule has 1 aromatic heterocycles. The molecule has 1 aromatic carbocycles. The van der Waals surface area contributed by atoms with Gasteiger partial charge in [-0.25, -0.2) is 4.98 Å². The number of pyridine rings is 1. The van der Waals surface area contributed by atoms with Crippen molar-refractivity contribution in [1.82, 2.24) is 10.3 Å². The molecule has 21 heavy (non-hydrogen) atoms. The van der Waals surface area contributed by atoms with Gasteiger partial charge in [-0.05, 0) is 24.3 Å². The number of aromatic nitrogens is 1. The molecule has 0 radical (unpaired) electrons. The van der Waals surface area contributed by atoms with Gasteiger partial charge < -0.3 is 10.6 Å². The molecule has 108 valence electrons. The van der Waals surface area contributed by atoms with Crippen LogP contribution in [-0.2, 0) is 0 Å². The van der Waals surface area contributed by atoms with Crippen LogP contribution in [0.25, 0.3) is 0 Å². The summed E-state index contributed by atoms with van der Waals surface area (Å²) in [5.74, 6) is -0.728. The second kappa shape index (κ2) is 6.56. The van der Waals surface area contributed by atoms with Crippen LogP contribution in [0.2, 0.25) is 10.3 Å². The third-order valence-electron chi connectivity index (χ3n) is 2.67. The molecule has 2 N–H and O–H groups in total. The van der Waals surface area contributed by atoms with E-state index in [0.717, 1.165) is 0 Å². The van der Waals surface area contributed by atoms with Crippen LogP contribution < -0.4 is 10.6 Å². The Kier molecular flexibility index (Phi) is 4.77. The topological polar surface area (TPSA) is 71.1 Å². The van der Waals surface area contributed by atoms with E-state index in [0.29, 0.717) is 11.3 Å². The number of nitrogens with zero attached hydrogens (tertiary/aromatic N) is 1. The minimum Gasteiger partial charge on any atom is -0.355 e. The predicted molar refractivity (Wildman–Crippen MR) is 82.0 cm³/mol. The van der Waals surface area contributed by atoms with Gasteiger partial charge in [0.25, 0.3) is 11.8 Å². The van der Waals surface area contributed by atoms with Crippen molar-refractivity contribution >= 4 is 40.7 Å². The van der Waals surface area contributed by atoms with E-state index >= 15 is 0 Å². The van der Waals surface area contributed by atoms with E-state index in [1.807, 2.05) is 0 Å². The lowest BCUT2D eigenvalue weighted by Gasteiger charge is -2.10. The largest absolute Gasteiger partial charge is 0.355 e. The molecular weight excluding hydrogens is 313 g/mol. The van der Waals surface area contributed by atoms with Gasteiger partial charge >= 0.3 is 0 Å². The zero-order chi connectivity index (χ0) is 15.4. The first-order valence-corrected chi connectivity index (χ1v) is 6.72. The lowest BCUT2D eigenvalue weighted by atomic mass is 10.1. The molecule has 0 aliphatic heterocycles. The second-order valence-electron chi connectivity index (χ2n) is 4.08. The first-order valence-electron chi connectivity index (χ1n) is 5.97. The number of hydrogen-bond donors (Lipinski definition) is 2. The monoisotopic (exact) mass is 323 g/mol. The maximum absolute atomic E-state index is 12.2. The summed E-state index contributed by atoms with van der Waals surface area (Å²) >= 11 is 11.5. The highest BCUT2D eigenvalue weighted by atomic mass is 35.5. The molecule has 2 rings (SSSR count). The Morgan fingerprint density at radius 3 is 2.29 bits per heavy atom. The van der Waals surface area contributed by atoms with Gasteiger partial charge in [0, 0.05) is 12.6 Å². The lowest BCUT2D eigenvalue weighted by Crippen LogP contribution is -2.21. The lowest BCUT2D eigenvalue weighted by molar-refractivity contribution is 0.0964. The number of carbonyl (C=O) groups excluding carboxylic acids is 2. The third-order valence-corrected chi connectivity index (χ3v) is 3.06. The van der Waals surface area contributed by atoms with Crippen LogP contribution in [0, 0.1) is 0 Å². The average molecular weight is 324 g/mol. The van der Waals surface area contributed by atoms with Crippen LogP contribution in [0.3, 0.4) is 0 Å². The summed E-state index contributed by atoms with van der Waals surface area (Å²) in [6.45, 7) is 0. The fraction of sp³-hybridized carbons (Fsp3) is 0.0714. The molecule has 0 atom stereocenters. The van der Waals surface area contributed by atoms with Crippen LogP contribution in [0.5, 0.6) is 0 Å². The number of rotatable bonds is 3. The first kappa shape index (κ1) is 15.3. The summed E-state index contributed by atoms with van der Waals surface area (Å²) < 4.78 is 0. The van der Waals surface area contributed by atoms with Gasteiger partial charge in [0.1, 0.15) is 10.3 Å². The summed E-state index contributed by atoms with van der Waals surface area (Å²) in [5, 5.41) is 5.40. The maximum Gasteiger partial charge on any atom is 0.255 e. The van der Waals surface area contributed by atoms with Crippen LogP contribution in [0.15, 0.2) is 36.4 Å². The molecule has 7 heteroatoms. The summed E-state index contributed by atoms with van der Waals surface area (Å²) in [5.41, 5.74) is 1.01. The van der Waals surface area contributed by atoms with E-state index in [1.54, 1.807) is 24.3 Å². The quantitative estimate of drug-likeness (QED) is 0.853. The predicted octanol–water partition coefficient (Wildman–Crippen LogP) is 3.00. The molecule has 0 unspecified atom stereocenters. The highest BCUT2D eigenvalue weighted by Crippen LogP contribution is 2.19. The normalized spacial score (nSPS) is 10.0. The zero-order valence-electron chi connectivity index (χ0n) is 11.0. The van der Waals surface area contributed by atoms with Crippen molar-refractivity contribution in [2.75, 3.05) is 12.4 Å². The second-order valence-corrected chi connectivity index (χ2v) is 4.85. The van der Waals surface area contributed by atoms with E-state index < -0.39 is 5.91 Å². The minimum absolute atomic E-state index is 0.118. The number of amides is 2. The molecule has 2 aromatic rings. The smallest absolute Gasteiger partial charge is 0.255 e. The van der Waals surface area contributed by atoms with Crippen LogP contribution in [0.4, 0.5) is 5.69 Å². The van der Waals surface area contributed by atoms with Crippen LogP contribution >= 0.6 is 23.2 Å². The fourth-order valence-electron chi connectivity index (χ4n) is 1.72. The van der Waals surface area contributed by atoms with Gasteiger partial charge in [-0.15, -0.1) is 0 Å². The van der Waals surface area contributed by atoms with Crippen LogP contribution in [0.1, 0.15) is 20.7 Å². The van der Waals surface area contributed by atoms with Crippen molar-refractivity contribution in [3.63, 3.8) is 0 Å². The molecule has 0 saturated carbocycles. The Labute approximate surface area is 131 Å². The zero-order valence-corrected chi connectivity index (χ0v) is 12.5. The highest BCUT2D eigenvalue weighted by molar-refractivity contribution is 6.33. The number of para-hydroxylation sites is 1.